The minimum absolute atomic E-state index is 0.0400. The van der Waals surface area contributed by atoms with Crippen LogP contribution in [-0.4, -0.2) is 17.4 Å². The molecule has 0 aromatic carbocycles. The molecule has 2 rings (SSSR count). The third-order valence-corrected chi connectivity index (χ3v) is 1.71. The van der Waals surface area contributed by atoms with Crippen molar-refractivity contribution in [2.75, 3.05) is 0 Å². The lowest BCUT2D eigenvalue weighted by molar-refractivity contribution is 0.773. The van der Waals surface area contributed by atoms with Crippen molar-refractivity contribution in [1.29, 1.82) is 0 Å². The second-order valence-electron chi connectivity index (χ2n) is 2.55. The molecule has 0 atom stereocenters. The molecule has 0 fully saturated rings. The van der Waals surface area contributed by atoms with Gasteiger partial charge in [0.1, 0.15) is 0 Å². The van der Waals surface area contributed by atoms with E-state index in [0.29, 0.717) is 0 Å². The first-order chi connectivity index (χ1) is 5.97. The summed E-state index contributed by atoms with van der Waals surface area (Å²) < 4.78 is 0. The van der Waals surface area contributed by atoms with Gasteiger partial charge in [0.2, 0.25) is 0 Å². The lowest BCUT2D eigenvalue weighted by Gasteiger charge is -2.09. The molecule has 0 saturated heterocycles. The number of rotatable bonds is 1. The van der Waals surface area contributed by atoms with E-state index in [1.165, 1.54) is 0 Å². The van der Waals surface area contributed by atoms with E-state index in [9.17, 15) is 0 Å². The minimum Gasteiger partial charge on any atom is -0.266 e. The summed E-state index contributed by atoms with van der Waals surface area (Å²) in [5.74, 6) is 0. The molecule has 0 saturated carbocycles. The van der Waals surface area contributed by atoms with Gasteiger partial charge >= 0.3 is 0 Å². The Morgan fingerprint density at radius 2 is 1.75 bits per heavy atom. The third kappa shape index (κ3) is 1.39. The highest BCUT2D eigenvalue weighted by Crippen LogP contribution is 2.18. The predicted octanol–water partition coefficient (Wildman–Crippen LogP) is 1.63. The molecular weight excluding hydrogens is 150 g/mol. The SMILES string of the molecule is C1=NC(c2ccncc2)N=CC1. The van der Waals surface area contributed by atoms with E-state index in [2.05, 4.69) is 15.0 Å². The van der Waals surface area contributed by atoms with Crippen LogP contribution in [0.25, 0.3) is 0 Å². The maximum Gasteiger partial charge on any atom is 0.164 e. The van der Waals surface area contributed by atoms with E-state index in [1.807, 2.05) is 24.6 Å². The molecule has 1 aromatic rings. The lowest BCUT2D eigenvalue weighted by atomic mass is 10.2. The predicted molar refractivity (Wildman–Crippen MR) is 48.6 cm³/mol. The van der Waals surface area contributed by atoms with Gasteiger partial charge in [0.05, 0.1) is 0 Å². The van der Waals surface area contributed by atoms with Crippen molar-refractivity contribution < 1.29 is 0 Å². The summed E-state index contributed by atoms with van der Waals surface area (Å²) in [5.41, 5.74) is 1.09. The van der Waals surface area contributed by atoms with Gasteiger partial charge in [-0.15, -0.1) is 0 Å². The van der Waals surface area contributed by atoms with Crippen LogP contribution < -0.4 is 0 Å². The minimum atomic E-state index is -0.0400. The maximum absolute atomic E-state index is 4.25. The van der Waals surface area contributed by atoms with E-state index in [-0.39, 0.29) is 6.17 Å². The second-order valence-corrected chi connectivity index (χ2v) is 2.55. The standard InChI is InChI=1S/C9H9N3/c1-4-11-9(12-5-1)8-2-6-10-7-3-8/h2-7,9H,1H2. The zero-order valence-corrected chi connectivity index (χ0v) is 6.59. The number of hydrogen-bond acceptors (Lipinski definition) is 3. The van der Waals surface area contributed by atoms with Crippen LogP contribution in [0.2, 0.25) is 0 Å². The first-order valence-corrected chi connectivity index (χ1v) is 3.90. The molecule has 3 nitrogen and oxygen atoms in total. The van der Waals surface area contributed by atoms with Crippen molar-refractivity contribution in [1.82, 2.24) is 4.98 Å². The van der Waals surface area contributed by atoms with Crippen LogP contribution in [0.15, 0.2) is 34.5 Å². The average molecular weight is 159 g/mol. The Kier molecular flexibility index (Phi) is 1.94. The van der Waals surface area contributed by atoms with Gasteiger partial charge in [0.15, 0.2) is 6.17 Å². The van der Waals surface area contributed by atoms with Gasteiger partial charge in [0.25, 0.3) is 0 Å². The van der Waals surface area contributed by atoms with E-state index in [1.54, 1.807) is 12.4 Å². The normalized spacial score (nSPS) is 16.7. The zero-order valence-electron chi connectivity index (χ0n) is 6.59. The number of nitrogens with zero attached hydrogens (tertiary/aromatic N) is 3. The Hall–Kier alpha value is -1.51. The zero-order chi connectivity index (χ0) is 8.23. The number of hydrogen-bond donors (Lipinski definition) is 0. The summed E-state index contributed by atoms with van der Waals surface area (Å²) in [6.07, 6.45) is 8.10. The first-order valence-electron chi connectivity index (χ1n) is 3.90. The summed E-state index contributed by atoms with van der Waals surface area (Å²) in [4.78, 5) is 12.4. The van der Waals surface area contributed by atoms with Crippen LogP contribution in [0.5, 0.6) is 0 Å². The molecule has 12 heavy (non-hydrogen) atoms. The van der Waals surface area contributed by atoms with E-state index in [4.69, 9.17) is 0 Å². The topological polar surface area (TPSA) is 37.6 Å². The Bertz CT molecular complexity index is 291. The second kappa shape index (κ2) is 3.26. The van der Waals surface area contributed by atoms with Gasteiger partial charge in [-0.1, -0.05) is 0 Å². The Balaban J connectivity index is 2.25. The smallest absolute Gasteiger partial charge is 0.164 e. The highest BCUT2D eigenvalue weighted by molar-refractivity contribution is 5.81. The van der Waals surface area contributed by atoms with Gasteiger partial charge in [0, 0.05) is 36.8 Å². The average Bonchev–Trinajstić information content (AvgIpc) is 2.21. The molecule has 0 radical (unpaired) electrons. The van der Waals surface area contributed by atoms with Crippen LogP contribution in [0, 0.1) is 0 Å². The molecule has 0 bridgehead atoms. The summed E-state index contributed by atoms with van der Waals surface area (Å²) in [7, 11) is 0. The Labute approximate surface area is 70.9 Å². The molecule has 2 heterocycles. The first kappa shape index (κ1) is 7.16. The molecule has 3 heteroatoms. The van der Waals surface area contributed by atoms with Crippen molar-refractivity contribution >= 4 is 12.4 Å². The summed E-state index contributed by atoms with van der Waals surface area (Å²) >= 11 is 0. The van der Waals surface area contributed by atoms with E-state index >= 15 is 0 Å². The summed E-state index contributed by atoms with van der Waals surface area (Å²) in [6.45, 7) is 0. The molecule has 1 aromatic heterocycles. The van der Waals surface area contributed by atoms with Crippen molar-refractivity contribution in [3.05, 3.63) is 30.1 Å². The lowest BCUT2D eigenvalue weighted by Crippen LogP contribution is -1.98. The molecule has 0 spiro atoms. The highest BCUT2D eigenvalue weighted by Gasteiger charge is 2.06. The van der Waals surface area contributed by atoms with Crippen LogP contribution in [0.3, 0.4) is 0 Å². The fraction of sp³-hybridized carbons (Fsp3) is 0.222. The summed E-state index contributed by atoms with van der Waals surface area (Å²) in [6, 6.07) is 3.87. The van der Waals surface area contributed by atoms with E-state index in [0.717, 1.165) is 12.0 Å². The van der Waals surface area contributed by atoms with Gasteiger partial charge in [-0.3, -0.25) is 15.0 Å². The quantitative estimate of drug-likeness (QED) is 0.613. The van der Waals surface area contributed by atoms with Gasteiger partial charge in [-0.25, -0.2) is 0 Å². The number of aromatic nitrogens is 1. The number of aliphatic imine (C=N–C) groups is 2. The fourth-order valence-electron chi connectivity index (χ4n) is 1.11. The van der Waals surface area contributed by atoms with Crippen LogP contribution in [0.4, 0.5) is 0 Å². The fourth-order valence-corrected chi connectivity index (χ4v) is 1.11. The Morgan fingerprint density at radius 1 is 1.08 bits per heavy atom. The molecule has 1 aliphatic heterocycles. The molecule has 1 aliphatic rings. The maximum atomic E-state index is 4.25. The van der Waals surface area contributed by atoms with E-state index < -0.39 is 0 Å². The molecule has 0 N–H and O–H groups in total. The largest absolute Gasteiger partial charge is 0.266 e. The van der Waals surface area contributed by atoms with Crippen molar-refractivity contribution in [2.45, 2.75) is 12.6 Å². The summed E-state index contributed by atoms with van der Waals surface area (Å²) in [5, 5.41) is 0. The Morgan fingerprint density at radius 3 is 2.42 bits per heavy atom. The molecular formula is C9H9N3. The molecule has 60 valence electrons. The van der Waals surface area contributed by atoms with Crippen molar-refractivity contribution in [3.8, 4) is 0 Å². The van der Waals surface area contributed by atoms with Gasteiger partial charge < -0.3 is 0 Å². The van der Waals surface area contributed by atoms with Crippen LogP contribution in [-0.2, 0) is 0 Å². The monoisotopic (exact) mass is 159 g/mol. The third-order valence-electron chi connectivity index (χ3n) is 1.71. The van der Waals surface area contributed by atoms with Gasteiger partial charge in [-0.2, -0.15) is 0 Å². The number of pyridine rings is 1. The molecule has 0 unspecified atom stereocenters. The van der Waals surface area contributed by atoms with Crippen LogP contribution in [0.1, 0.15) is 18.2 Å². The van der Waals surface area contributed by atoms with Crippen molar-refractivity contribution in [2.24, 2.45) is 9.98 Å². The van der Waals surface area contributed by atoms with Crippen molar-refractivity contribution in [3.63, 3.8) is 0 Å². The molecule has 0 aliphatic carbocycles. The van der Waals surface area contributed by atoms with Gasteiger partial charge in [-0.05, 0) is 12.1 Å². The van der Waals surface area contributed by atoms with Crippen LogP contribution >= 0.6 is 0 Å². The highest BCUT2D eigenvalue weighted by atomic mass is 15.0. The molecule has 0 amide bonds.